The molecular formula is C18H20N6O3. The molecule has 27 heavy (non-hydrogen) atoms. The van der Waals surface area contributed by atoms with Gasteiger partial charge in [-0.3, -0.25) is 23.7 Å². The van der Waals surface area contributed by atoms with Crippen molar-refractivity contribution in [2.75, 3.05) is 13.1 Å². The van der Waals surface area contributed by atoms with Crippen LogP contribution in [-0.2, 0) is 14.1 Å². The van der Waals surface area contributed by atoms with E-state index in [1.165, 1.54) is 11.6 Å². The summed E-state index contributed by atoms with van der Waals surface area (Å²) in [5.74, 6) is 0.578. The van der Waals surface area contributed by atoms with Gasteiger partial charge in [0.05, 0.1) is 0 Å². The first-order valence-electron chi connectivity index (χ1n) is 8.82. The Hall–Kier alpha value is -3.23. The molecule has 1 aliphatic rings. The molecule has 1 saturated heterocycles. The van der Waals surface area contributed by atoms with E-state index in [-0.39, 0.29) is 11.8 Å². The lowest BCUT2D eigenvalue weighted by Crippen LogP contribution is -2.39. The summed E-state index contributed by atoms with van der Waals surface area (Å²) < 4.78 is 2.42. The van der Waals surface area contributed by atoms with Crippen LogP contribution in [0.3, 0.4) is 0 Å². The Kier molecular flexibility index (Phi) is 4.14. The second-order valence-corrected chi connectivity index (χ2v) is 6.85. The van der Waals surface area contributed by atoms with Crippen molar-refractivity contribution < 1.29 is 4.79 Å². The van der Waals surface area contributed by atoms with E-state index in [0.29, 0.717) is 35.6 Å². The summed E-state index contributed by atoms with van der Waals surface area (Å²) in [5, 5.41) is 0. The van der Waals surface area contributed by atoms with Gasteiger partial charge in [-0.2, -0.15) is 0 Å². The minimum Gasteiger partial charge on any atom is -0.338 e. The number of piperidine rings is 1. The number of aryl methyl sites for hydroxylation is 1. The Labute approximate surface area is 154 Å². The van der Waals surface area contributed by atoms with Crippen LogP contribution in [-0.4, -0.2) is 48.0 Å². The fourth-order valence-corrected chi connectivity index (χ4v) is 3.60. The molecule has 1 fully saturated rings. The highest BCUT2D eigenvalue weighted by molar-refractivity contribution is 5.94. The number of likely N-dealkylation sites (tertiary alicyclic amines) is 1. The number of rotatable bonds is 2. The Balaban J connectivity index is 1.67. The lowest BCUT2D eigenvalue weighted by molar-refractivity contribution is 0.0705. The molecular weight excluding hydrogens is 348 g/mol. The summed E-state index contributed by atoms with van der Waals surface area (Å²) in [6, 6.07) is 3.40. The van der Waals surface area contributed by atoms with Crippen molar-refractivity contribution in [3.05, 3.63) is 56.8 Å². The SMILES string of the molecule is Cn1c(=O)c2[nH]c(C3CCCN(C(=O)c4ccncc4)C3)nc2n(C)c1=O. The number of amides is 1. The number of H-pyrrole nitrogens is 1. The third-order valence-corrected chi connectivity index (χ3v) is 5.14. The summed E-state index contributed by atoms with van der Waals surface area (Å²) in [5.41, 5.74) is 0.449. The molecule has 0 saturated carbocycles. The van der Waals surface area contributed by atoms with E-state index in [1.54, 1.807) is 36.5 Å². The van der Waals surface area contributed by atoms with Crippen molar-refractivity contribution in [2.24, 2.45) is 14.1 Å². The van der Waals surface area contributed by atoms with Gasteiger partial charge in [0.15, 0.2) is 5.65 Å². The highest BCUT2D eigenvalue weighted by Crippen LogP contribution is 2.26. The smallest absolute Gasteiger partial charge is 0.332 e. The Morgan fingerprint density at radius 3 is 2.67 bits per heavy atom. The molecule has 1 N–H and O–H groups in total. The topological polar surface area (TPSA) is 106 Å². The molecule has 4 rings (SSSR count). The number of hydrogen-bond acceptors (Lipinski definition) is 5. The Morgan fingerprint density at radius 2 is 1.93 bits per heavy atom. The largest absolute Gasteiger partial charge is 0.338 e. The highest BCUT2D eigenvalue weighted by atomic mass is 16.2. The predicted molar refractivity (Wildman–Crippen MR) is 98.7 cm³/mol. The molecule has 1 atom stereocenters. The van der Waals surface area contributed by atoms with Gasteiger partial charge in [-0.15, -0.1) is 0 Å². The van der Waals surface area contributed by atoms with Crippen molar-refractivity contribution in [3.8, 4) is 0 Å². The summed E-state index contributed by atoms with van der Waals surface area (Å²) in [6.45, 7) is 1.19. The van der Waals surface area contributed by atoms with Crippen LogP contribution in [0.4, 0.5) is 0 Å². The van der Waals surface area contributed by atoms with Crippen LogP contribution in [0, 0.1) is 0 Å². The monoisotopic (exact) mass is 368 g/mol. The van der Waals surface area contributed by atoms with Gasteiger partial charge in [0, 0.05) is 51.1 Å². The van der Waals surface area contributed by atoms with Crippen LogP contribution < -0.4 is 11.2 Å². The van der Waals surface area contributed by atoms with Crippen LogP contribution in [0.2, 0.25) is 0 Å². The molecule has 4 heterocycles. The minimum atomic E-state index is -0.413. The molecule has 1 unspecified atom stereocenters. The van der Waals surface area contributed by atoms with Gasteiger partial charge >= 0.3 is 5.69 Å². The molecule has 140 valence electrons. The van der Waals surface area contributed by atoms with E-state index in [2.05, 4.69) is 15.0 Å². The van der Waals surface area contributed by atoms with Gasteiger partial charge in [-0.1, -0.05) is 0 Å². The highest BCUT2D eigenvalue weighted by Gasteiger charge is 2.28. The van der Waals surface area contributed by atoms with E-state index in [9.17, 15) is 14.4 Å². The van der Waals surface area contributed by atoms with Crippen molar-refractivity contribution in [3.63, 3.8) is 0 Å². The van der Waals surface area contributed by atoms with Gasteiger partial charge < -0.3 is 9.88 Å². The summed E-state index contributed by atoms with van der Waals surface area (Å²) in [7, 11) is 3.04. The van der Waals surface area contributed by atoms with Gasteiger partial charge in [-0.25, -0.2) is 9.78 Å². The van der Waals surface area contributed by atoms with Crippen LogP contribution in [0.5, 0.6) is 0 Å². The van der Waals surface area contributed by atoms with Gasteiger partial charge in [0.25, 0.3) is 11.5 Å². The zero-order chi connectivity index (χ0) is 19.1. The van der Waals surface area contributed by atoms with Crippen LogP contribution in [0.25, 0.3) is 11.2 Å². The fourth-order valence-electron chi connectivity index (χ4n) is 3.60. The molecule has 0 aliphatic carbocycles. The minimum absolute atomic E-state index is 0.0169. The number of nitrogens with zero attached hydrogens (tertiary/aromatic N) is 5. The van der Waals surface area contributed by atoms with Crippen LogP contribution >= 0.6 is 0 Å². The second kappa shape index (κ2) is 6.49. The van der Waals surface area contributed by atoms with E-state index < -0.39 is 11.2 Å². The molecule has 3 aromatic rings. The molecule has 0 spiro atoms. The third kappa shape index (κ3) is 2.84. The average molecular weight is 368 g/mol. The number of imidazole rings is 1. The predicted octanol–water partition coefficient (Wildman–Crippen LogP) is 0.375. The quantitative estimate of drug-likeness (QED) is 0.704. The van der Waals surface area contributed by atoms with E-state index >= 15 is 0 Å². The van der Waals surface area contributed by atoms with Crippen LogP contribution in [0.1, 0.15) is 34.9 Å². The maximum absolute atomic E-state index is 12.7. The zero-order valence-corrected chi connectivity index (χ0v) is 15.2. The number of pyridine rings is 1. The molecule has 9 heteroatoms. The molecule has 0 bridgehead atoms. The Morgan fingerprint density at radius 1 is 1.19 bits per heavy atom. The van der Waals surface area contributed by atoms with Crippen LogP contribution in [0.15, 0.2) is 34.1 Å². The molecule has 3 aromatic heterocycles. The number of carbonyl (C=O) groups excluding carboxylic acids is 1. The van der Waals surface area contributed by atoms with Crippen molar-refractivity contribution in [1.29, 1.82) is 0 Å². The first kappa shape index (κ1) is 17.2. The molecule has 1 amide bonds. The van der Waals surface area contributed by atoms with E-state index in [1.807, 2.05) is 0 Å². The van der Waals surface area contributed by atoms with E-state index in [0.717, 1.165) is 17.4 Å². The second-order valence-electron chi connectivity index (χ2n) is 6.85. The maximum atomic E-state index is 12.7. The van der Waals surface area contributed by atoms with Crippen molar-refractivity contribution in [2.45, 2.75) is 18.8 Å². The van der Waals surface area contributed by atoms with Gasteiger partial charge in [0.1, 0.15) is 11.3 Å². The summed E-state index contributed by atoms with van der Waals surface area (Å²) in [6.07, 6.45) is 4.90. The number of hydrogen-bond donors (Lipinski definition) is 1. The number of aromatic amines is 1. The van der Waals surface area contributed by atoms with Crippen molar-refractivity contribution >= 4 is 17.1 Å². The lowest BCUT2D eigenvalue weighted by Gasteiger charge is -2.31. The van der Waals surface area contributed by atoms with Crippen molar-refractivity contribution in [1.82, 2.24) is 29.0 Å². The normalized spacial score (nSPS) is 17.4. The van der Waals surface area contributed by atoms with E-state index in [4.69, 9.17) is 0 Å². The molecule has 0 radical (unpaired) electrons. The number of carbonyl (C=O) groups is 1. The first-order chi connectivity index (χ1) is 13.0. The zero-order valence-electron chi connectivity index (χ0n) is 15.2. The molecule has 1 aliphatic heterocycles. The van der Waals surface area contributed by atoms with Gasteiger partial charge in [-0.05, 0) is 25.0 Å². The van der Waals surface area contributed by atoms with Gasteiger partial charge in [0.2, 0.25) is 0 Å². The standard InChI is InChI=1S/C18H20N6O3/c1-22-15-13(17(26)23(2)18(22)27)20-14(21-15)12-4-3-9-24(10-12)16(25)11-5-7-19-8-6-11/h5-8,12H,3-4,9-10H2,1-2H3,(H,20,21). The number of nitrogens with one attached hydrogen (secondary N) is 1. The first-order valence-corrected chi connectivity index (χ1v) is 8.82. The average Bonchev–Trinajstić information content (AvgIpc) is 3.16. The lowest BCUT2D eigenvalue weighted by atomic mass is 9.97. The number of aromatic nitrogens is 5. The maximum Gasteiger partial charge on any atom is 0.332 e. The molecule has 9 nitrogen and oxygen atoms in total. The molecule has 0 aromatic carbocycles. The fraction of sp³-hybridized carbons (Fsp3) is 0.389. The third-order valence-electron chi connectivity index (χ3n) is 5.14. The number of fused-ring (bicyclic) bond motifs is 1. The summed E-state index contributed by atoms with van der Waals surface area (Å²) in [4.78, 5) is 50.5. The Bertz CT molecular complexity index is 1130. The summed E-state index contributed by atoms with van der Waals surface area (Å²) >= 11 is 0.